The molecule has 2 amide bonds. The first kappa shape index (κ1) is 27.7. The SMILES string of the molecule is CCOC(=O)C(CCC(=O)CC1CCN(c2ccc(C(=N)N)cc2)C1=O)NC(=O)C1=Nc2ccccc2C1C. The lowest BCUT2D eigenvalue weighted by Crippen LogP contribution is -2.45. The molecule has 204 valence electrons. The molecule has 3 atom stereocenters. The van der Waals surface area contributed by atoms with Gasteiger partial charge in [0.2, 0.25) is 5.91 Å². The molecule has 0 aliphatic carbocycles. The summed E-state index contributed by atoms with van der Waals surface area (Å²) in [5, 5.41) is 10.2. The Morgan fingerprint density at radius 2 is 1.90 bits per heavy atom. The van der Waals surface area contributed by atoms with Gasteiger partial charge >= 0.3 is 5.97 Å². The van der Waals surface area contributed by atoms with E-state index in [0.29, 0.717) is 29.9 Å². The minimum Gasteiger partial charge on any atom is -0.464 e. The van der Waals surface area contributed by atoms with Crippen molar-refractivity contribution >= 4 is 46.5 Å². The number of aliphatic imine (C=N–C) groups is 1. The minimum atomic E-state index is -1.00. The number of hydrogen-bond donors (Lipinski definition) is 3. The second kappa shape index (κ2) is 12.0. The van der Waals surface area contributed by atoms with Gasteiger partial charge in [-0.2, -0.15) is 0 Å². The average Bonchev–Trinajstić information content (AvgIpc) is 3.46. The number of esters is 1. The number of fused-ring (bicyclic) bond motifs is 1. The van der Waals surface area contributed by atoms with E-state index in [1.54, 1.807) is 36.1 Å². The highest BCUT2D eigenvalue weighted by Gasteiger charge is 2.35. The number of amidine groups is 1. The lowest BCUT2D eigenvalue weighted by atomic mass is 9.96. The fourth-order valence-corrected chi connectivity index (χ4v) is 4.99. The lowest BCUT2D eigenvalue weighted by Gasteiger charge is -2.19. The Balaban J connectivity index is 1.33. The van der Waals surface area contributed by atoms with Crippen molar-refractivity contribution in [1.29, 1.82) is 5.41 Å². The summed E-state index contributed by atoms with van der Waals surface area (Å²) in [5.41, 5.74) is 8.73. The van der Waals surface area contributed by atoms with Gasteiger partial charge in [-0.3, -0.25) is 19.8 Å². The largest absolute Gasteiger partial charge is 0.464 e. The van der Waals surface area contributed by atoms with E-state index >= 15 is 0 Å². The van der Waals surface area contributed by atoms with Crippen molar-refractivity contribution in [3.8, 4) is 0 Å². The van der Waals surface area contributed by atoms with E-state index in [4.69, 9.17) is 15.9 Å². The molecular weight excluding hydrogens is 498 g/mol. The Bertz CT molecular complexity index is 1320. The number of nitrogens with two attached hydrogens (primary N) is 1. The van der Waals surface area contributed by atoms with Gasteiger partial charge < -0.3 is 20.7 Å². The highest BCUT2D eigenvalue weighted by molar-refractivity contribution is 6.42. The Morgan fingerprint density at radius 3 is 2.56 bits per heavy atom. The number of anilines is 1. The van der Waals surface area contributed by atoms with Crippen molar-refractivity contribution < 1.29 is 23.9 Å². The number of Topliss-reactive ketones (excluding diaryl/α,β-unsaturated/α-hetero) is 1. The number of rotatable bonds is 11. The molecule has 2 aromatic rings. The van der Waals surface area contributed by atoms with E-state index in [2.05, 4.69) is 10.3 Å². The van der Waals surface area contributed by atoms with Crippen molar-refractivity contribution in [1.82, 2.24) is 5.32 Å². The summed E-state index contributed by atoms with van der Waals surface area (Å²) in [6.45, 7) is 4.18. The van der Waals surface area contributed by atoms with Crippen LogP contribution in [0.5, 0.6) is 0 Å². The number of hydrogen-bond acceptors (Lipinski definition) is 7. The molecule has 2 aromatic carbocycles. The predicted octanol–water partition coefficient (Wildman–Crippen LogP) is 3.00. The van der Waals surface area contributed by atoms with E-state index in [-0.39, 0.29) is 49.3 Å². The third-order valence-corrected chi connectivity index (χ3v) is 7.16. The number of carbonyl (C=O) groups excluding carboxylic acids is 4. The standard InChI is InChI=1S/C29H33N5O5/c1-3-39-29(38)24(33-27(36)25-17(2)22-6-4-5-7-23(22)32-25)13-12-21(35)16-19-14-15-34(28(19)37)20-10-8-18(9-11-20)26(30)31/h4-11,17,19,24H,3,12-16H2,1-2H3,(H3,30,31)(H,33,36). The van der Waals surface area contributed by atoms with Crippen LogP contribution in [0.4, 0.5) is 11.4 Å². The second-order valence-corrected chi connectivity index (χ2v) is 9.77. The van der Waals surface area contributed by atoms with Gasteiger partial charge in [-0.25, -0.2) is 9.79 Å². The number of para-hydroxylation sites is 1. The molecule has 2 aliphatic heterocycles. The molecular formula is C29H33N5O5. The van der Waals surface area contributed by atoms with E-state index in [0.717, 1.165) is 11.3 Å². The van der Waals surface area contributed by atoms with Crippen LogP contribution in [-0.2, 0) is 23.9 Å². The molecule has 0 bridgehead atoms. The average molecular weight is 532 g/mol. The minimum absolute atomic E-state index is 0.0170. The monoisotopic (exact) mass is 531 g/mol. The number of amides is 2. The smallest absolute Gasteiger partial charge is 0.328 e. The summed E-state index contributed by atoms with van der Waals surface area (Å²) in [4.78, 5) is 57.5. The number of nitrogen functional groups attached to an aromatic ring is 1. The van der Waals surface area contributed by atoms with Crippen LogP contribution in [0.15, 0.2) is 53.5 Å². The normalized spacial score (nSPS) is 18.8. The van der Waals surface area contributed by atoms with Gasteiger partial charge in [-0.1, -0.05) is 25.1 Å². The van der Waals surface area contributed by atoms with Crippen LogP contribution in [0.3, 0.4) is 0 Å². The second-order valence-electron chi connectivity index (χ2n) is 9.77. The number of nitrogens with zero attached hydrogens (tertiary/aromatic N) is 2. The molecule has 0 aromatic heterocycles. The van der Waals surface area contributed by atoms with Crippen LogP contribution in [0.2, 0.25) is 0 Å². The molecule has 1 fully saturated rings. The Morgan fingerprint density at radius 1 is 1.18 bits per heavy atom. The number of benzene rings is 2. The maximum Gasteiger partial charge on any atom is 0.328 e. The zero-order valence-electron chi connectivity index (χ0n) is 22.1. The first-order valence-electron chi connectivity index (χ1n) is 13.1. The van der Waals surface area contributed by atoms with Crippen LogP contribution in [0, 0.1) is 11.3 Å². The maximum atomic E-state index is 13.0. The van der Waals surface area contributed by atoms with Gasteiger partial charge in [0.25, 0.3) is 5.91 Å². The molecule has 0 saturated carbocycles. The molecule has 39 heavy (non-hydrogen) atoms. The summed E-state index contributed by atoms with van der Waals surface area (Å²) >= 11 is 0. The molecule has 0 radical (unpaired) electrons. The maximum absolute atomic E-state index is 13.0. The molecule has 1 saturated heterocycles. The molecule has 2 aliphatic rings. The molecule has 10 nitrogen and oxygen atoms in total. The highest BCUT2D eigenvalue weighted by atomic mass is 16.5. The fourth-order valence-electron chi connectivity index (χ4n) is 4.99. The third kappa shape index (κ3) is 6.22. The third-order valence-electron chi connectivity index (χ3n) is 7.16. The van der Waals surface area contributed by atoms with Crippen molar-refractivity contribution in [3.63, 3.8) is 0 Å². The van der Waals surface area contributed by atoms with Crippen molar-refractivity contribution in [3.05, 3.63) is 59.7 Å². The molecule has 3 unspecified atom stereocenters. The quantitative estimate of drug-likeness (QED) is 0.230. The van der Waals surface area contributed by atoms with Crippen molar-refractivity contribution in [2.45, 2.75) is 51.5 Å². The summed E-state index contributed by atoms with van der Waals surface area (Å²) < 4.78 is 5.14. The van der Waals surface area contributed by atoms with Crippen molar-refractivity contribution in [2.75, 3.05) is 18.1 Å². The fraction of sp³-hybridized carbons (Fsp3) is 0.379. The molecule has 4 N–H and O–H groups in total. The van der Waals surface area contributed by atoms with Crippen LogP contribution in [-0.4, -0.2) is 54.3 Å². The Kier molecular flexibility index (Phi) is 8.53. The summed E-state index contributed by atoms with van der Waals surface area (Å²) in [5.74, 6) is -2.10. The van der Waals surface area contributed by atoms with Crippen LogP contribution in [0.25, 0.3) is 0 Å². The number of carbonyl (C=O) groups is 4. The van der Waals surface area contributed by atoms with Crippen LogP contribution >= 0.6 is 0 Å². The molecule has 0 spiro atoms. The number of nitrogens with one attached hydrogen (secondary N) is 2. The van der Waals surface area contributed by atoms with Gasteiger partial charge in [0.15, 0.2) is 0 Å². The summed E-state index contributed by atoms with van der Waals surface area (Å²) in [6.07, 6.45) is 0.678. The molecule has 10 heteroatoms. The van der Waals surface area contributed by atoms with Gasteiger partial charge in [0, 0.05) is 42.5 Å². The topological polar surface area (TPSA) is 155 Å². The molecule has 2 heterocycles. The first-order chi connectivity index (χ1) is 18.7. The summed E-state index contributed by atoms with van der Waals surface area (Å²) in [6, 6.07) is 13.3. The van der Waals surface area contributed by atoms with Gasteiger partial charge in [-0.15, -0.1) is 0 Å². The van der Waals surface area contributed by atoms with E-state index in [1.807, 2.05) is 31.2 Å². The van der Waals surface area contributed by atoms with E-state index in [9.17, 15) is 19.2 Å². The summed E-state index contributed by atoms with van der Waals surface area (Å²) in [7, 11) is 0. The van der Waals surface area contributed by atoms with Crippen LogP contribution < -0.4 is 16.0 Å². The van der Waals surface area contributed by atoms with Crippen molar-refractivity contribution in [2.24, 2.45) is 16.6 Å². The molecule has 4 rings (SSSR count). The number of ether oxygens (including phenoxy) is 1. The van der Waals surface area contributed by atoms with E-state index in [1.165, 1.54) is 0 Å². The zero-order chi connectivity index (χ0) is 28.1. The number of ketones is 1. The van der Waals surface area contributed by atoms with E-state index < -0.39 is 23.8 Å². The van der Waals surface area contributed by atoms with Gasteiger partial charge in [0.05, 0.1) is 12.3 Å². The Hall–Kier alpha value is -4.34. The Labute approximate surface area is 227 Å². The predicted molar refractivity (Wildman–Crippen MR) is 147 cm³/mol. The van der Waals surface area contributed by atoms with Gasteiger partial charge in [-0.05, 0) is 55.7 Å². The lowest BCUT2D eigenvalue weighted by molar-refractivity contribution is -0.147. The zero-order valence-corrected chi connectivity index (χ0v) is 22.1. The van der Waals surface area contributed by atoms with Gasteiger partial charge in [0.1, 0.15) is 23.4 Å². The van der Waals surface area contributed by atoms with Crippen LogP contribution in [0.1, 0.15) is 56.6 Å². The first-order valence-corrected chi connectivity index (χ1v) is 13.1. The highest BCUT2D eigenvalue weighted by Crippen LogP contribution is 2.35.